The third kappa shape index (κ3) is 3.35. The lowest BCUT2D eigenvalue weighted by Crippen LogP contribution is -2.07. The minimum atomic E-state index is -0.479. The Hall–Kier alpha value is -3.21. The van der Waals surface area contributed by atoms with Gasteiger partial charge in [-0.25, -0.2) is 9.18 Å². The number of carbonyl (C=O) groups excluding carboxylic acids is 1. The van der Waals surface area contributed by atoms with E-state index in [0.717, 1.165) is 5.56 Å². The SMILES string of the molecule is COC(=O)c1ccc(C=Cc2oc3ccc(F)cc3c(=O)c2C)cc1. The van der Waals surface area contributed by atoms with Gasteiger partial charge in [-0.15, -0.1) is 0 Å². The Balaban J connectivity index is 1.96. The Morgan fingerprint density at radius 2 is 1.84 bits per heavy atom. The maximum Gasteiger partial charge on any atom is 0.337 e. The monoisotopic (exact) mass is 338 g/mol. The second-order valence-corrected chi connectivity index (χ2v) is 5.51. The number of ether oxygens (including phenoxy) is 1. The molecule has 25 heavy (non-hydrogen) atoms. The molecular weight excluding hydrogens is 323 g/mol. The van der Waals surface area contributed by atoms with Crippen LogP contribution >= 0.6 is 0 Å². The van der Waals surface area contributed by atoms with Crippen molar-refractivity contribution in [2.24, 2.45) is 0 Å². The fraction of sp³-hybridized carbons (Fsp3) is 0.100. The molecule has 3 rings (SSSR count). The summed E-state index contributed by atoms with van der Waals surface area (Å²) in [5, 5.41) is 0.220. The molecule has 0 spiro atoms. The van der Waals surface area contributed by atoms with E-state index in [1.165, 1.54) is 25.3 Å². The van der Waals surface area contributed by atoms with Gasteiger partial charge in [-0.05, 0) is 48.9 Å². The summed E-state index contributed by atoms with van der Waals surface area (Å²) in [5.74, 6) is -0.478. The van der Waals surface area contributed by atoms with Crippen LogP contribution in [0, 0.1) is 12.7 Å². The van der Waals surface area contributed by atoms with Crippen molar-refractivity contribution in [1.29, 1.82) is 0 Å². The molecule has 0 N–H and O–H groups in total. The fourth-order valence-electron chi connectivity index (χ4n) is 2.46. The maximum absolute atomic E-state index is 13.3. The third-order valence-corrected chi connectivity index (χ3v) is 3.88. The summed E-state index contributed by atoms with van der Waals surface area (Å²) in [6.07, 6.45) is 3.44. The topological polar surface area (TPSA) is 56.5 Å². The largest absolute Gasteiger partial charge is 0.465 e. The second kappa shape index (κ2) is 6.73. The highest BCUT2D eigenvalue weighted by molar-refractivity contribution is 5.89. The van der Waals surface area contributed by atoms with Crippen LogP contribution in [0.1, 0.15) is 27.2 Å². The fourth-order valence-corrected chi connectivity index (χ4v) is 2.46. The normalized spacial score (nSPS) is 11.2. The molecule has 0 aliphatic rings. The molecule has 2 aromatic carbocycles. The quantitative estimate of drug-likeness (QED) is 0.672. The maximum atomic E-state index is 13.3. The third-order valence-electron chi connectivity index (χ3n) is 3.88. The van der Waals surface area contributed by atoms with Gasteiger partial charge in [-0.2, -0.15) is 0 Å². The number of rotatable bonds is 3. The zero-order chi connectivity index (χ0) is 18.0. The first-order valence-electron chi connectivity index (χ1n) is 7.59. The standard InChI is InChI=1S/C20H15FO4/c1-12-17(25-18-10-8-15(21)11-16(18)19(12)22)9-5-13-3-6-14(7-4-13)20(23)24-2/h3-11H,1-2H3. The summed E-state index contributed by atoms with van der Waals surface area (Å²) < 4.78 is 23.7. The van der Waals surface area contributed by atoms with Crippen LogP contribution in [0.5, 0.6) is 0 Å². The Morgan fingerprint density at radius 1 is 1.12 bits per heavy atom. The van der Waals surface area contributed by atoms with Crippen molar-refractivity contribution < 1.29 is 18.3 Å². The molecule has 0 aliphatic heterocycles. The van der Waals surface area contributed by atoms with Crippen molar-refractivity contribution in [2.45, 2.75) is 6.92 Å². The first-order chi connectivity index (χ1) is 12.0. The molecule has 0 unspecified atom stereocenters. The molecule has 4 nitrogen and oxygen atoms in total. The van der Waals surface area contributed by atoms with Crippen molar-refractivity contribution in [2.75, 3.05) is 7.11 Å². The minimum Gasteiger partial charge on any atom is -0.465 e. The van der Waals surface area contributed by atoms with Gasteiger partial charge in [0.1, 0.15) is 17.2 Å². The van der Waals surface area contributed by atoms with Crippen molar-refractivity contribution in [3.63, 3.8) is 0 Å². The molecule has 0 bridgehead atoms. The molecule has 0 amide bonds. The highest BCUT2D eigenvalue weighted by Crippen LogP contribution is 2.19. The summed E-state index contributed by atoms with van der Waals surface area (Å²) in [5.41, 5.74) is 1.75. The average Bonchev–Trinajstić information content (AvgIpc) is 2.64. The molecule has 3 aromatic rings. The van der Waals surface area contributed by atoms with Gasteiger partial charge in [0, 0.05) is 5.56 Å². The van der Waals surface area contributed by atoms with Crippen LogP contribution in [0.4, 0.5) is 4.39 Å². The zero-order valence-electron chi connectivity index (χ0n) is 13.7. The lowest BCUT2D eigenvalue weighted by atomic mass is 10.1. The number of esters is 1. The van der Waals surface area contributed by atoms with Crippen molar-refractivity contribution in [3.05, 3.63) is 81.0 Å². The van der Waals surface area contributed by atoms with E-state index in [1.807, 2.05) is 0 Å². The number of carbonyl (C=O) groups is 1. The van der Waals surface area contributed by atoms with Crippen LogP contribution in [-0.4, -0.2) is 13.1 Å². The van der Waals surface area contributed by atoms with Crippen molar-refractivity contribution in [1.82, 2.24) is 0 Å². The zero-order valence-corrected chi connectivity index (χ0v) is 13.7. The highest BCUT2D eigenvalue weighted by atomic mass is 19.1. The molecule has 5 heteroatoms. The Bertz CT molecular complexity index is 1030. The lowest BCUT2D eigenvalue weighted by molar-refractivity contribution is 0.0600. The van der Waals surface area contributed by atoms with Gasteiger partial charge in [0.25, 0.3) is 0 Å². The minimum absolute atomic E-state index is 0.220. The van der Waals surface area contributed by atoms with Gasteiger partial charge in [-0.3, -0.25) is 4.79 Å². The number of hydrogen-bond donors (Lipinski definition) is 0. The van der Waals surface area contributed by atoms with Crippen LogP contribution in [0.25, 0.3) is 23.1 Å². The van der Waals surface area contributed by atoms with E-state index in [2.05, 4.69) is 4.74 Å². The number of halogens is 1. The van der Waals surface area contributed by atoms with Gasteiger partial charge in [0.15, 0.2) is 5.43 Å². The number of hydrogen-bond acceptors (Lipinski definition) is 4. The van der Waals surface area contributed by atoms with E-state index >= 15 is 0 Å². The second-order valence-electron chi connectivity index (χ2n) is 5.51. The van der Waals surface area contributed by atoms with Crippen LogP contribution in [0.2, 0.25) is 0 Å². The lowest BCUT2D eigenvalue weighted by Gasteiger charge is -2.03. The van der Waals surface area contributed by atoms with Crippen molar-refractivity contribution >= 4 is 29.1 Å². The molecule has 126 valence electrons. The van der Waals surface area contributed by atoms with Gasteiger partial charge >= 0.3 is 5.97 Å². The first kappa shape index (κ1) is 16.6. The number of benzene rings is 2. The molecule has 0 fully saturated rings. The Labute approximate surface area is 143 Å². The molecule has 0 atom stereocenters. The van der Waals surface area contributed by atoms with Crippen LogP contribution in [0.3, 0.4) is 0 Å². The summed E-state index contributed by atoms with van der Waals surface area (Å²) in [4.78, 5) is 23.8. The molecule has 0 saturated heterocycles. The molecular formula is C20H15FO4. The van der Waals surface area contributed by atoms with E-state index in [1.54, 1.807) is 43.3 Å². The van der Waals surface area contributed by atoms with Gasteiger partial charge in [0.2, 0.25) is 0 Å². The number of methoxy groups -OCH3 is 1. The van der Waals surface area contributed by atoms with Gasteiger partial charge in [-0.1, -0.05) is 18.2 Å². The predicted molar refractivity (Wildman–Crippen MR) is 93.9 cm³/mol. The molecule has 1 heterocycles. The molecule has 0 aliphatic carbocycles. The van der Waals surface area contributed by atoms with E-state index in [0.29, 0.717) is 22.5 Å². The Morgan fingerprint density at radius 3 is 2.52 bits per heavy atom. The Kier molecular flexibility index (Phi) is 4.48. The predicted octanol–water partition coefficient (Wildman–Crippen LogP) is 4.20. The van der Waals surface area contributed by atoms with Crippen LogP contribution < -0.4 is 5.43 Å². The summed E-state index contributed by atoms with van der Waals surface area (Å²) in [6, 6.07) is 10.7. The number of fused-ring (bicyclic) bond motifs is 1. The van der Waals surface area contributed by atoms with Gasteiger partial charge in [0.05, 0.1) is 18.1 Å². The van der Waals surface area contributed by atoms with Crippen molar-refractivity contribution in [3.8, 4) is 0 Å². The van der Waals surface area contributed by atoms with Crippen LogP contribution in [-0.2, 0) is 4.74 Å². The van der Waals surface area contributed by atoms with Gasteiger partial charge < -0.3 is 9.15 Å². The average molecular weight is 338 g/mol. The van der Waals surface area contributed by atoms with E-state index in [9.17, 15) is 14.0 Å². The molecule has 0 radical (unpaired) electrons. The van der Waals surface area contributed by atoms with E-state index < -0.39 is 11.8 Å². The molecule has 1 aromatic heterocycles. The summed E-state index contributed by atoms with van der Waals surface area (Å²) in [7, 11) is 1.33. The summed E-state index contributed by atoms with van der Waals surface area (Å²) in [6.45, 7) is 1.64. The smallest absolute Gasteiger partial charge is 0.337 e. The summed E-state index contributed by atoms with van der Waals surface area (Å²) >= 11 is 0. The molecule has 0 saturated carbocycles. The highest BCUT2D eigenvalue weighted by Gasteiger charge is 2.10. The van der Waals surface area contributed by atoms with Crippen LogP contribution in [0.15, 0.2) is 51.7 Å². The van der Waals surface area contributed by atoms with E-state index in [4.69, 9.17) is 4.42 Å². The first-order valence-corrected chi connectivity index (χ1v) is 7.59. The van der Waals surface area contributed by atoms with E-state index in [-0.39, 0.29) is 10.8 Å².